The summed E-state index contributed by atoms with van der Waals surface area (Å²) in [7, 11) is -3.68. The number of benzene rings is 3. The van der Waals surface area contributed by atoms with Crippen LogP contribution >= 0.6 is 27.5 Å². The van der Waals surface area contributed by atoms with Gasteiger partial charge in [0.15, 0.2) is 0 Å². The standard InChI is InChI=1S/C19H15BrClNO2S/c20-19(14-7-3-1-4-8-14)17-13-15(21)11-12-18(17)22-25(23,24)16-9-5-2-6-10-16/h1-13,19,22H. The van der Waals surface area contributed by atoms with Gasteiger partial charge in [0.1, 0.15) is 0 Å². The number of rotatable bonds is 5. The highest BCUT2D eigenvalue weighted by atomic mass is 79.9. The lowest BCUT2D eigenvalue weighted by Gasteiger charge is -2.17. The van der Waals surface area contributed by atoms with Crippen LogP contribution in [0.15, 0.2) is 83.8 Å². The first-order chi connectivity index (χ1) is 12.0. The summed E-state index contributed by atoms with van der Waals surface area (Å²) in [4.78, 5) is 0.0163. The maximum absolute atomic E-state index is 12.6. The van der Waals surface area contributed by atoms with E-state index in [4.69, 9.17) is 11.6 Å². The molecule has 0 heterocycles. The molecule has 0 aliphatic carbocycles. The van der Waals surface area contributed by atoms with Crippen molar-refractivity contribution in [2.45, 2.75) is 9.72 Å². The van der Waals surface area contributed by atoms with Gasteiger partial charge in [-0.2, -0.15) is 0 Å². The van der Waals surface area contributed by atoms with Crippen LogP contribution in [0.3, 0.4) is 0 Å². The maximum atomic E-state index is 12.6. The quantitative estimate of drug-likeness (QED) is 0.527. The molecule has 3 rings (SSSR count). The van der Waals surface area contributed by atoms with E-state index in [1.165, 1.54) is 0 Å². The Bertz CT molecular complexity index is 963. The molecule has 1 N–H and O–H groups in total. The second-order valence-corrected chi connectivity index (χ2v) is 8.46. The Morgan fingerprint density at radius 3 is 2.12 bits per heavy atom. The van der Waals surface area contributed by atoms with Crippen LogP contribution < -0.4 is 4.72 Å². The molecular formula is C19H15BrClNO2S. The summed E-state index contributed by atoms with van der Waals surface area (Å²) in [6, 6.07) is 23.1. The number of anilines is 1. The van der Waals surface area contributed by atoms with E-state index >= 15 is 0 Å². The molecule has 25 heavy (non-hydrogen) atoms. The molecular weight excluding hydrogens is 422 g/mol. The van der Waals surface area contributed by atoms with Gasteiger partial charge < -0.3 is 0 Å². The smallest absolute Gasteiger partial charge is 0.261 e. The highest BCUT2D eigenvalue weighted by Crippen LogP contribution is 2.37. The van der Waals surface area contributed by atoms with Crippen LogP contribution in [0.5, 0.6) is 0 Å². The molecule has 0 aromatic heterocycles. The molecule has 0 fully saturated rings. The van der Waals surface area contributed by atoms with E-state index in [2.05, 4.69) is 20.7 Å². The van der Waals surface area contributed by atoms with Gasteiger partial charge in [0.25, 0.3) is 10.0 Å². The van der Waals surface area contributed by atoms with E-state index in [0.717, 1.165) is 11.1 Å². The van der Waals surface area contributed by atoms with Crippen LogP contribution in [0.4, 0.5) is 5.69 Å². The minimum absolute atomic E-state index is 0.194. The van der Waals surface area contributed by atoms with E-state index < -0.39 is 10.0 Å². The predicted molar refractivity (Wildman–Crippen MR) is 106 cm³/mol. The van der Waals surface area contributed by atoms with Gasteiger partial charge in [0.2, 0.25) is 0 Å². The van der Waals surface area contributed by atoms with Crippen molar-refractivity contribution in [1.82, 2.24) is 0 Å². The first-order valence-corrected chi connectivity index (χ1v) is 10.3. The van der Waals surface area contributed by atoms with Crippen molar-refractivity contribution in [1.29, 1.82) is 0 Å². The number of alkyl halides is 1. The highest BCUT2D eigenvalue weighted by Gasteiger charge is 2.20. The molecule has 3 aromatic rings. The summed E-state index contributed by atoms with van der Waals surface area (Å²) in [5.74, 6) is 0. The number of sulfonamides is 1. The third-order valence-corrected chi connectivity index (χ3v) is 6.32. The topological polar surface area (TPSA) is 46.2 Å². The molecule has 0 amide bonds. The normalized spacial score (nSPS) is 12.6. The fraction of sp³-hybridized carbons (Fsp3) is 0.0526. The molecule has 0 spiro atoms. The van der Waals surface area contributed by atoms with Crippen molar-refractivity contribution in [3.05, 3.63) is 95.0 Å². The van der Waals surface area contributed by atoms with Crippen LogP contribution in [0.1, 0.15) is 16.0 Å². The minimum atomic E-state index is -3.68. The third kappa shape index (κ3) is 4.24. The van der Waals surface area contributed by atoms with Crippen LogP contribution in [-0.2, 0) is 10.0 Å². The summed E-state index contributed by atoms with van der Waals surface area (Å²) in [5.41, 5.74) is 2.24. The van der Waals surface area contributed by atoms with Gasteiger partial charge in [-0.1, -0.05) is 76.1 Å². The van der Waals surface area contributed by atoms with E-state index in [-0.39, 0.29) is 9.72 Å². The van der Waals surface area contributed by atoms with Crippen molar-refractivity contribution < 1.29 is 8.42 Å². The van der Waals surface area contributed by atoms with Gasteiger partial charge in [-0.3, -0.25) is 4.72 Å². The molecule has 6 heteroatoms. The Hall–Kier alpha value is -1.82. The van der Waals surface area contributed by atoms with Crippen molar-refractivity contribution in [2.75, 3.05) is 4.72 Å². The van der Waals surface area contributed by atoms with Crippen LogP contribution in [-0.4, -0.2) is 8.42 Å². The van der Waals surface area contributed by atoms with Gasteiger partial charge >= 0.3 is 0 Å². The molecule has 0 aliphatic heterocycles. The first-order valence-electron chi connectivity index (χ1n) is 7.54. The maximum Gasteiger partial charge on any atom is 0.261 e. The molecule has 0 aliphatic rings. The van der Waals surface area contributed by atoms with E-state index in [0.29, 0.717) is 10.7 Å². The second kappa shape index (κ2) is 7.60. The molecule has 1 unspecified atom stereocenters. The Kier molecular flexibility index (Phi) is 5.47. The van der Waals surface area contributed by atoms with Crippen LogP contribution in [0.2, 0.25) is 5.02 Å². The summed E-state index contributed by atoms with van der Waals surface area (Å²) in [6.45, 7) is 0. The second-order valence-electron chi connectivity index (χ2n) is 5.42. The van der Waals surface area contributed by atoms with E-state index in [1.54, 1.807) is 48.5 Å². The Morgan fingerprint density at radius 2 is 1.48 bits per heavy atom. The number of nitrogens with one attached hydrogen (secondary N) is 1. The molecule has 0 saturated carbocycles. The molecule has 128 valence electrons. The molecule has 3 aromatic carbocycles. The van der Waals surface area contributed by atoms with Crippen molar-refractivity contribution in [3.8, 4) is 0 Å². The number of halogens is 2. The zero-order valence-corrected chi connectivity index (χ0v) is 16.2. The fourth-order valence-corrected chi connectivity index (χ4v) is 4.41. The van der Waals surface area contributed by atoms with Gasteiger partial charge in [0.05, 0.1) is 15.4 Å². The van der Waals surface area contributed by atoms with Gasteiger partial charge in [-0.15, -0.1) is 0 Å². The predicted octanol–water partition coefficient (Wildman–Crippen LogP) is 5.63. The van der Waals surface area contributed by atoms with Crippen molar-refractivity contribution >= 4 is 43.2 Å². The van der Waals surface area contributed by atoms with E-state index in [9.17, 15) is 8.42 Å². The van der Waals surface area contributed by atoms with Gasteiger partial charge in [0, 0.05) is 5.02 Å². The average Bonchev–Trinajstić information content (AvgIpc) is 2.64. The Morgan fingerprint density at radius 1 is 0.880 bits per heavy atom. The lowest BCUT2D eigenvalue weighted by molar-refractivity contribution is 0.601. The lowest BCUT2D eigenvalue weighted by atomic mass is 10.0. The third-order valence-electron chi connectivity index (χ3n) is 3.68. The molecule has 0 radical (unpaired) electrons. The summed E-state index contributed by atoms with van der Waals surface area (Å²) in [6.07, 6.45) is 0. The lowest BCUT2D eigenvalue weighted by Crippen LogP contribution is -2.14. The summed E-state index contributed by atoms with van der Waals surface area (Å²) >= 11 is 9.79. The monoisotopic (exact) mass is 435 g/mol. The zero-order chi connectivity index (χ0) is 17.9. The van der Waals surface area contributed by atoms with Crippen molar-refractivity contribution in [2.24, 2.45) is 0 Å². The summed E-state index contributed by atoms with van der Waals surface area (Å²) in [5, 5.41) is 0.540. The van der Waals surface area contributed by atoms with Gasteiger partial charge in [-0.05, 0) is 41.5 Å². The van der Waals surface area contributed by atoms with Crippen LogP contribution in [0, 0.1) is 0 Å². The number of hydrogen-bond donors (Lipinski definition) is 1. The highest BCUT2D eigenvalue weighted by molar-refractivity contribution is 9.09. The molecule has 3 nitrogen and oxygen atoms in total. The minimum Gasteiger partial charge on any atom is -0.279 e. The molecule has 0 saturated heterocycles. The number of hydrogen-bond acceptors (Lipinski definition) is 2. The molecule has 1 atom stereocenters. The van der Waals surface area contributed by atoms with Crippen LogP contribution in [0.25, 0.3) is 0 Å². The Balaban J connectivity index is 2.00. The van der Waals surface area contributed by atoms with Gasteiger partial charge in [-0.25, -0.2) is 8.42 Å². The molecule has 0 bridgehead atoms. The van der Waals surface area contributed by atoms with Crippen molar-refractivity contribution in [3.63, 3.8) is 0 Å². The fourth-order valence-electron chi connectivity index (χ4n) is 2.44. The first kappa shape index (κ1) is 18.0. The average molecular weight is 437 g/mol. The Labute approximate surface area is 160 Å². The zero-order valence-electron chi connectivity index (χ0n) is 13.1. The van der Waals surface area contributed by atoms with E-state index in [1.807, 2.05) is 30.3 Å². The summed E-state index contributed by atoms with van der Waals surface area (Å²) < 4.78 is 27.9. The largest absolute Gasteiger partial charge is 0.279 e. The SMILES string of the molecule is O=S(=O)(Nc1ccc(Cl)cc1C(Br)c1ccccc1)c1ccccc1.